The van der Waals surface area contributed by atoms with Crippen LogP contribution >= 0.6 is 0 Å². The number of aromatic amines is 1. The first-order valence-corrected chi connectivity index (χ1v) is 5.82. The third kappa shape index (κ3) is 2.24. The Labute approximate surface area is 100 Å². The number of fused-ring (bicyclic) bond motifs is 1. The number of nitrogens with two attached hydrogens (primary N) is 1. The third-order valence-electron chi connectivity index (χ3n) is 3.12. The van der Waals surface area contributed by atoms with Crippen molar-refractivity contribution in [3.05, 3.63) is 18.0 Å². The van der Waals surface area contributed by atoms with E-state index in [-0.39, 0.29) is 6.04 Å². The second-order valence-corrected chi connectivity index (χ2v) is 4.26. The molecule has 0 aliphatic carbocycles. The van der Waals surface area contributed by atoms with E-state index in [2.05, 4.69) is 28.8 Å². The minimum Gasteiger partial charge on any atom is -0.481 e. The molecule has 2 aromatic heterocycles. The molecule has 92 valence electrons. The van der Waals surface area contributed by atoms with Crippen molar-refractivity contribution in [3.8, 4) is 5.88 Å². The molecule has 2 atom stereocenters. The number of aromatic nitrogens is 3. The van der Waals surface area contributed by atoms with Gasteiger partial charge in [-0.1, -0.05) is 20.3 Å². The lowest BCUT2D eigenvalue weighted by molar-refractivity contribution is 0.399. The summed E-state index contributed by atoms with van der Waals surface area (Å²) in [6, 6.07) is 3.63. The minimum absolute atomic E-state index is 0.0832. The van der Waals surface area contributed by atoms with Gasteiger partial charge >= 0.3 is 0 Å². The largest absolute Gasteiger partial charge is 0.481 e. The zero-order valence-corrected chi connectivity index (χ0v) is 10.4. The topological polar surface area (TPSA) is 76.8 Å². The van der Waals surface area contributed by atoms with E-state index in [1.54, 1.807) is 13.2 Å². The normalized spacial score (nSPS) is 14.8. The molecule has 3 N–H and O–H groups in total. The molecule has 0 aromatic carbocycles. The fourth-order valence-corrected chi connectivity index (χ4v) is 1.69. The zero-order valence-electron chi connectivity index (χ0n) is 10.4. The summed E-state index contributed by atoms with van der Waals surface area (Å²) >= 11 is 0. The first kappa shape index (κ1) is 11.9. The highest BCUT2D eigenvalue weighted by molar-refractivity contribution is 5.71. The van der Waals surface area contributed by atoms with Crippen LogP contribution in [-0.2, 0) is 0 Å². The number of H-pyrrole nitrogens is 1. The highest BCUT2D eigenvalue weighted by Crippen LogP contribution is 2.22. The molecule has 2 rings (SSSR count). The molecule has 0 bridgehead atoms. The molecule has 0 radical (unpaired) electrons. The molecule has 0 saturated heterocycles. The second-order valence-electron chi connectivity index (χ2n) is 4.26. The summed E-state index contributed by atoms with van der Waals surface area (Å²) < 4.78 is 5.06. The van der Waals surface area contributed by atoms with Gasteiger partial charge in [0.05, 0.1) is 18.7 Å². The number of imidazole rings is 1. The van der Waals surface area contributed by atoms with Crippen molar-refractivity contribution in [2.75, 3.05) is 7.11 Å². The molecule has 0 fully saturated rings. The predicted molar refractivity (Wildman–Crippen MR) is 66.8 cm³/mol. The molecule has 5 heteroatoms. The van der Waals surface area contributed by atoms with Gasteiger partial charge in [0, 0.05) is 6.07 Å². The maximum absolute atomic E-state index is 6.13. The van der Waals surface area contributed by atoms with E-state index in [0.29, 0.717) is 17.4 Å². The van der Waals surface area contributed by atoms with Crippen molar-refractivity contribution in [1.29, 1.82) is 0 Å². The summed E-state index contributed by atoms with van der Waals surface area (Å²) in [5, 5.41) is 0. The average Bonchev–Trinajstić information content (AvgIpc) is 2.79. The van der Waals surface area contributed by atoms with Gasteiger partial charge in [0.1, 0.15) is 5.82 Å². The second kappa shape index (κ2) is 4.71. The van der Waals surface area contributed by atoms with Gasteiger partial charge in [-0.2, -0.15) is 4.98 Å². The van der Waals surface area contributed by atoms with Crippen molar-refractivity contribution in [2.45, 2.75) is 26.3 Å². The van der Waals surface area contributed by atoms with E-state index < -0.39 is 0 Å². The van der Waals surface area contributed by atoms with E-state index >= 15 is 0 Å². The van der Waals surface area contributed by atoms with Gasteiger partial charge in [-0.3, -0.25) is 0 Å². The van der Waals surface area contributed by atoms with Crippen molar-refractivity contribution in [1.82, 2.24) is 15.0 Å². The summed E-state index contributed by atoms with van der Waals surface area (Å²) in [5.74, 6) is 1.74. The predicted octanol–water partition coefficient (Wildman–Crippen LogP) is 2.01. The van der Waals surface area contributed by atoms with Crippen LogP contribution in [0.4, 0.5) is 0 Å². The van der Waals surface area contributed by atoms with Crippen molar-refractivity contribution in [2.24, 2.45) is 11.7 Å². The molecular weight excluding hydrogens is 216 g/mol. The lowest BCUT2D eigenvalue weighted by Gasteiger charge is -2.15. The summed E-state index contributed by atoms with van der Waals surface area (Å²) in [6.07, 6.45) is 1.02. The molecule has 5 nitrogen and oxygen atoms in total. The van der Waals surface area contributed by atoms with Crippen LogP contribution in [0.5, 0.6) is 5.88 Å². The Bertz CT molecular complexity index is 508. The smallest absolute Gasteiger partial charge is 0.215 e. The maximum atomic E-state index is 6.13. The molecule has 0 aliphatic rings. The SMILES string of the molecule is CCC(C)C(N)c1nc2nc(OC)ccc2[nH]1. The summed E-state index contributed by atoms with van der Waals surface area (Å²) in [4.78, 5) is 11.9. The van der Waals surface area contributed by atoms with E-state index in [4.69, 9.17) is 10.5 Å². The number of pyridine rings is 1. The van der Waals surface area contributed by atoms with Crippen LogP contribution < -0.4 is 10.5 Å². The van der Waals surface area contributed by atoms with E-state index in [1.807, 2.05) is 6.07 Å². The fourth-order valence-electron chi connectivity index (χ4n) is 1.69. The molecule has 2 heterocycles. The van der Waals surface area contributed by atoms with Gasteiger partial charge in [-0.15, -0.1) is 0 Å². The van der Waals surface area contributed by atoms with Gasteiger partial charge in [0.15, 0.2) is 5.65 Å². The first-order valence-electron chi connectivity index (χ1n) is 5.82. The molecule has 2 aromatic rings. The van der Waals surface area contributed by atoms with Crippen LogP contribution in [0.25, 0.3) is 11.2 Å². The molecule has 2 unspecified atom stereocenters. The highest BCUT2D eigenvalue weighted by Gasteiger charge is 2.17. The van der Waals surface area contributed by atoms with Crippen LogP contribution in [0.2, 0.25) is 0 Å². The van der Waals surface area contributed by atoms with Crippen LogP contribution in [0.1, 0.15) is 32.1 Å². The Balaban J connectivity index is 2.37. The van der Waals surface area contributed by atoms with Crippen molar-refractivity contribution < 1.29 is 4.74 Å². The number of methoxy groups -OCH3 is 1. The number of nitrogens with zero attached hydrogens (tertiary/aromatic N) is 2. The molecule has 17 heavy (non-hydrogen) atoms. The number of hydrogen-bond acceptors (Lipinski definition) is 4. The first-order chi connectivity index (χ1) is 8.15. The Morgan fingerprint density at radius 3 is 2.82 bits per heavy atom. The van der Waals surface area contributed by atoms with E-state index in [1.165, 1.54) is 0 Å². The molecule has 0 aliphatic heterocycles. The Hall–Kier alpha value is -1.62. The van der Waals surface area contributed by atoms with Crippen molar-refractivity contribution in [3.63, 3.8) is 0 Å². The van der Waals surface area contributed by atoms with Gasteiger partial charge in [-0.05, 0) is 12.0 Å². The van der Waals surface area contributed by atoms with Crippen LogP contribution in [0.15, 0.2) is 12.1 Å². The van der Waals surface area contributed by atoms with Gasteiger partial charge in [-0.25, -0.2) is 4.98 Å². The number of nitrogens with one attached hydrogen (secondary N) is 1. The molecule has 0 amide bonds. The Morgan fingerprint density at radius 1 is 1.41 bits per heavy atom. The lowest BCUT2D eigenvalue weighted by Crippen LogP contribution is -2.19. The zero-order chi connectivity index (χ0) is 12.4. The summed E-state index contributed by atoms with van der Waals surface area (Å²) in [7, 11) is 1.59. The van der Waals surface area contributed by atoms with Crippen LogP contribution in [0.3, 0.4) is 0 Å². The average molecular weight is 234 g/mol. The molecular formula is C12H18N4O. The quantitative estimate of drug-likeness (QED) is 0.848. The number of rotatable bonds is 4. The Morgan fingerprint density at radius 2 is 2.18 bits per heavy atom. The van der Waals surface area contributed by atoms with E-state index in [0.717, 1.165) is 17.8 Å². The third-order valence-corrected chi connectivity index (χ3v) is 3.12. The maximum Gasteiger partial charge on any atom is 0.215 e. The standard InChI is InChI=1S/C12H18N4O/c1-4-7(2)10(13)12-14-8-5-6-9(17-3)15-11(8)16-12/h5-7,10H,4,13H2,1-3H3,(H,14,15,16). The van der Waals surface area contributed by atoms with E-state index in [9.17, 15) is 0 Å². The molecule has 0 saturated carbocycles. The minimum atomic E-state index is -0.0832. The van der Waals surface area contributed by atoms with Crippen molar-refractivity contribution >= 4 is 11.2 Å². The van der Waals surface area contributed by atoms with Gasteiger partial charge in [0.25, 0.3) is 0 Å². The van der Waals surface area contributed by atoms with Gasteiger partial charge in [0.2, 0.25) is 5.88 Å². The number of hydrogen-bond donors (Lipinski definition) is 2. The van der Waals surface area contributed by atoms with Crippen LogP contribution in [0, 0.1) is 5.92 Å². The summed E-state index contributed by atoms with van der Waals surface area (Å²) in [6.45, 7) is 4.24. The van der Waals surface area contributed by atoms with Gasteiger partial charge < -0.3 is 15.5 Å². The lowest BCUT2D eigenvalue weighted by atomic mass is 10.00. The van der Waals surface area contributed by atoms with Crippen LogP contribution in [-0.4, -0.2) is 22.1 Å². The molecule has 0 spiro atoms. The Kier molecular flexibility index (Phi) is 3.28. The monoisotopic (exact) mass is 234 g/mol. The highest BCUT2D eigenvalue weighted by atomic mass is 16.5. The fraction of sp³-hybridized carbons (Fsp3) is 0.500. The summed E-state index contributed by atoms with van der Waals surface area (Å²) in [5.41, 5.74) is 7.67. The number of ether oxygens (including phenoxy) is 1.